The number of nitrogens with zero attached hydrogens (tertiary/aromatic N) is 5. The number of hydrogen-bond donors (Lipinski definition) is 1. The van der Waals surface area contributed by atoms with Crippen molar-refractivity contribution in [2.45, 2.75) is 57.6 Å². The first-order valence-corrected chi connectivity index (χ1v) is 15.2. The van der Waals surface area contributed by atoms with Gasteiger partial charge in [0.05, 0.1) is 17.8 Å². The molecule has 0 radical (unpaired) electrons. The number of carbonyl (C=O) groups is 2. The summed E-state index contributed by atoms with van der Waals surface area (Å²) >= 11 is 0. The third-order valence-electron chi connectivity index (χ3n) is 8.15. The molecule has 3 aromatic heterocycles. The predicted octanol–water partition coefficient (Wildman–Crippen LogP) is 5.69. The Kier molecular flexibility index (Phi) is 9.37. The minimum Gasteiger partial charge on any atom is -0.468 e. The van der Waals surface area contributed by atoms with Crippen molar-refractivity contribution in [3.05, 3.63) is 125 Å². The van der Waals surface area contributed by atoms with Crippen LogP contribution in [0.1, 0.15) is 63.9 Å². The highest BCUT2D eigenvalue weighted by molar-refractivity contribution is 5.94. The van der Waals surface area contributed by atoms with Gasteiger partial charge in [0.25, 0.3) is 5.91 Å². The summed E-state index contributed by atoms with van der Waals surface area (Å²) in [6, 6.07) is 12.3. The molecule has 2 N–H and O–H groups in total. The molecule has 1 aliphatic rings. The van der Waals surface area contributed by atoms with Gasteiger partial charge >= 0.3 is 0 Å². The van der Waals surface area contributed by atoms with E-state index in [-0.39, 0.29) is 37.3 Å². The fourth-order valence-electron chi connectivity index (χ4n) is 6.07. The number of amides is 1. The van der Waals surface area contributed by atoms with Crippen LogP contribution in [0.2, 0.25) is 0 Å². The van der Waals surface area contributed by atoms with Crippen molar-refractivity contribution in [3.63, 3.8) is 0 Å². The Balaban J connectivity index is 1.31. The quantitative estimate of drug-likeness (QED) is 0.186. The molecule has 5 aromatic rings. The normalized spacial score (nSPS) is 13.2. The van der Waals surface area contributed by atoms with E-state index >= 15 is 0 Å². The van der Waals surface area contributed by atoms with E-state index in [1.807, 2.05) is 0 Å². The van der Waals surface area contributed by atoms with Crippen molar-refractivity contribution in [3.8, 4) is 17.0 Å². The second kappa shape index (κ2) is 13.9. The van der Waals surface area contributed by atoms with Gasteiger partial charge in [0.2, 0.25) is 5.88 Å². The first-order valence-electron chi connectivity index (χ1n) is 15.2. The Morgan fingerprint density at radius 2 is 1.66 bits per heavy atom. The highest BCUT2D eigenvalue weighted by atomic mass is 19.1. The largest absolute Gasteiger partial charge is 0.468 e. The Hall–Kier alpha value is -5.39. The smallest absolute Gasteiger partial charge is 0.251 e. The summed E-state index contributed by atoms with van der Waals surface area (Å²) in [6.45, 7) is 0.0832. The molecule has 6 rings (SSSR count). The summed E-state index contributed by atoms with van der Waals surface area (Å²) in [5.41, 5.74) is 8.76. The number of fused-ring (bicyclic) bond motifs is 1. The lowest BCUT2D eigenvalue weighted by Crippen LogP contribution is -2.19. The monoisotopic (exact) mass is 640 g/mol. The predicted molar refractivity (Wildman–Crippen MR) is 166 cm³/mol. The molecule has 1 amide bonds. The van der Waals surface area contributed by atoms with Gasteiger partial charge in [-0.25, -0.2) is 23.1 Å². The number of carbonyl (C=O) groups excluding carboxylic acids is 2. The number of Topliss-reactive ketones (excluding diaryl/α,β-unsaturated/α-hetero) is 1. The Morgan fingerprint density at radius 1 is 0.915 bits per heavy atom. The maximum absolute atomic E-state index is 14.3. The van der Waals surface area contributed by atoms with Crippen molar-refractivity contribution in [1.29, 1.82) is 0 Å². The second-order valence-corrected chi connectivity index (χ2v) is 11.5. The summed E-state index contributed by atoms with van der Waals surface area (Å²) in [6.07, 6.45) is 8.27. The zero-order chi connectivity index (χ0) is 32.9. The molecule has 0 aliphatic heterocycles. The van der Waals surface area contributed by atoms with E-state index in [0.717, 1.165) is 49.1 Å². The second-order valence-electron chi connectivity index (χ2n) is 11.5. The Labute approximate surface area is 268 Å². The van der Waals surface area contributed by atoms with Gasteiger partial charge in [0.15, 0.2) is 11.6 Å². The molecule has 0 fully saturated rings. The molecule has 240 valence electrons. The molecule has 9 nitrogen and oxygen atoms in total. The van der Waals surface area contributed by atoms with Gasteiger partial charge in [0, 0.05) is 53.8 Å². The van der Waals surface area contributed by atoms with E-state index in [9.17, 15) is 22.8 Å². The first-order chi connectivity index (χ1) is 22.7. The fourth-order valence-corrected chi connectivity index (χ4v) is 6.07. The topological polar surface area (TPSA) is 126 Å². The van der Waals surface area contributed by atoms with Crippen LogP contribution in [-0.4, -0.2) is 36.4 Å². The average molecular weight is 641 g/mol. The molecule has 0 unspecified atom stereocenters. The van der Waals surface area contributed by atoms with Crippen LogP contribution in [0.3, 0.4) is 0 Å². The summed E-state index contributed by atoms with van der Waals surface area (Å²) in [5.74, 6) is -3.06. The maximum Gasteiger partial charge on any atom is 0.251 e. The third-order valence-corrected chi connectivity index (χ3v) is 8.15. The molecule has 3 heterocycles. The molecule has 0 saturated carbocycles. The summed E-state index contributed by atoms with van der Waals surface area (Å²) < 4.78 is 50.5. The van der Waals surface area contributed by atoms with Crippen LogP contribution >= 0.6 is 0 Å². The number of benzene rings is 2. The van der Waals surface area contributed by atoms with Crippen LogP contribution in [0.25, 0.3) is 11.1 Å². The van der Waals surface area contributed by atoms with Gasteiger partial charge in [-0.15, -0.1) is 5.10 Å². The molecule has 1 aliphatic carbocycles. The molecule has 0 bridgehead atoms. The third kappa shape index (κ3) is 7.37. The number of ether oxygens (including phenoxy) is 1. The van der Waals surface area contributed by atoms with Crippen LogP contribution in [0.4, 0.5) is 13.2 Å². The maximum atomic E-state index is 14.3. The zero-order valence-electron chi connectivity index (χ0n) is 25.3. The van der Waals surface area contributed by atoms with Crippen molar-refractivity contribution in [2.75, 3.05) is 0 Å². The van der Waals surface area contributed by atoms with Gasteiger partial charge < -0.3 is 10.5 Å². The first kappa shape index (κ1) is 31.6. The minimum absolute atomic E-state index is 0.0469. The van der Waals surface area contributed by atoms with Gasteiger partial charge in [-0.3, -0.25) is 19.3 Å². The summed E-state index contributed by atoms with van der Waals surface area (Å²) in [5, 5.41) is 4.66. The van der Waals surface area contributed by atoms with Crippen molar-refractivity contribution in [2.24, 2.45) is 5.73 Å². The summed E-state index contributed by atoms with van der Waals surface area (Å²) in [4.78, 5) is 38.7. The van der Waals surface area contributed by atoms with Crippen molar-refractivity contribution >= 4 is 11.7 Å². The molecule has 2 aromatic carbocycles. The highest BCUT2D eigenvalue weighted by Crippen LogP contribution is 2.34. The summed E-state index contributed by atoms with van der Waals surface area (Å²) in [7, 11) is 0. The van der Waals surface area contributed by atoms with Gasteiger partial charge in [-0.1, -0.05) is 12.1 Å². The lowest BCUT2D eigenvalue weighted by Gasteiger charge is -2.20. The van der Waals surface area contributed by atoms with E-state index in [4.69, 9.17) is 10.5 Å². The van der Waals surface area contributed by atoms with Crippen LogP contribution in [-0.2, 0) is 37.2 Å². The molecule has 0 saturated heterocycles. The number of pyridine rings is 1. The number of rotatable bonds is 12. The number of ketones is 1. The lowest BCUT2D eigenvalue weighted by molar-refractivity contribution is -0.120. The highest BCUT2D eigenvalue weighted by Gasteiger charge is 2.27. The molecule has 1 atom stereocenters. The van der Waals surface area contributed by atoms with Gasteiger partial charge in [-0.2, -0.15) is 0 Å². The van der Waals surface area contributed by atoms with E-state index in [1.165, 1.54) is 24.3 Å². The van der Waals surface area contributed by atoms with Crippen LogP contribution < -0.4 is 10.5 Å². The molecule has 0 spiro atoms. The number of primary amides is 1. The average Bonchev–Trinajstić information content (AvgIpc) is 3.40. The van der Waals surface area contributed by atoms with Crippen LogP contribution in [0.5, 0.6) is 5.88 Å². The lowest BCUT2D eigenvalue weighted by atomic mass is 9.86. The number of nitrogens with two attached hydrogens (primary N) is 1. The van der Waals surface area contributed by atoms with Crippen molar-refractivity contribution in [1.82, 2.24) is 24.7 Å². The molecule has 12 heteroatoms. The van der Waals surface area contributed by atoms with Gasteiger partial charge in [-0.05, 0) is 79.6 Å². The Bertz CT molecular complexity index is 1910. The fraction of sp³-hybridized carbons (Fsp3) is 0.257. The number of aromatic nitrogens is 5. The molecular weight excluding hydrogens is 609 g/mol. The molecular formula is C35H31F3N6O3. The van der Waals surface area contributed by atoms with E-state index in [1.54, 1.807) is 41.5 Å². The van der Waals surface area contributed by atoms with Gasteiger partial charge in [0.1, 0.15) is 24.1 Å². The zero-order valence-corrected chi connectivity index (χ0v) is 25.3. The SMILES string of the molecule is NC(=O)c1cc(-c2cccnc2[C@@H](CC(=O)Cn2nc(OCc3ncccn3)c3c2CCCC3)Cc2cc(F)cc(F)c2)ccc1F. The minimum atomic E-state index is -0.932. The standard InChI is InChI=1S/C35H31F3N6O3/c36-24-14-21(15-25(37)18-24)13-23(33-27(6-3-10-42-33)22-8-9-30(38)29(17-22)34(39)46)16-26(45)19-44-31-7-2-1-5-28(31)35(43-44)47-20-32-40-11-4-12-41-32/h3-4,6,8-12,14-15,17-18,23H,1-2,5,7,13,16,19-20H2,(H2,39,46)/t23-/m1/s1. The number of hydrogen-bond acceptors (Lipinski definition) is 7. The van der Waals surface area contributed by atoms with E-state index in [2.05, 4.69) is 20.1 Å². The van der Waals surface area contributed by atoms with E-state index in [0.29, 0.717) is 34.1 Å². The van der Waals surface area contributed by atoms with Crippen LogP contribution in [0, 0.1) is 17.5 Å². The Morgan fingerprint density at radius 3 is 2.43 bits per heavy atom. The molecule has 47 heavy (non-hydrogen) atoms. The van der Waals surface area contributed by atoms with E-state index < -0.39 is 29.3 Å². The van der Waals surface area contributed by atoms with Crippen molar-refractivity contribution < 1.29 is 27.5 Å². The number of halogens is 3. The van der Waals surface area contributed by atoms with Crippen LogP contribution in [0.15, 0.2) is 73.2 Å².